The predicted octanol–water partition coefficient (Wildman–Crippen LogP) is 3.02. The van der Waals surface area contributed by atoms with Crippen LogP contribution in [0.25, 0.3) is 0 Å². The van der Waals surface area contributed by atoms with E-state index < -0.39 is 12.2 Å². The number of aryl methyl sites for hydroxylation is 2. The lowest BCUT2D eigenvalue weighted by molar-refractivity contribution is 0.00632. The van der Waals surface area contributed by atoms with Gasteiger partial charge in [-0.1, -0.05) is 20.3 Å². The Kier molecular flexibility index (Phi) is 5.83. The minimum Gasteiger partial charge on any atom is -0.508 e. The second-order valence-electron chi connectivity index (χ2n) is 5.55. The molecular formula is C16H26O3. The highest BCUT2D eigenvalue weighted by Crippen LogP contribution is 2.31. The minimum absolute atomic E-state index is 0.155. The van der Waals surface area contributed by atoms with Crippen molar-refractivity contribution in [2.45, 2.75) is 65.1 Å². The van der Waals surface area contributed by atoms with E-state index in [9.17, 15) is 15.3 Å². The molecule has 0 aliphatic heterocycles. The third-order valence-electron chi connectivity index (χ3n) is 3.69. The van der Waals surface area contributed by atoms with Crippen LogP contribution >= 0.6 is 0 Å². The molecular weight excluding hydrogens is 240 g/mol. The number of aliphatic hydroxyl groups excluding tert-OH is 2. The van der Waals surface area contributed by atoms with Gasteiger partial charge in [0.25, 0.3) is 0 Å². The van der Waals surface area contributed by atoms with Crippen LogP contribution in [0.3, 0.4) is 0 Å². The molecule has 0 saturated carbocycles. The summed E-state index contributed by atoms with van der Waals surface area (Å²) in [5.74, 6) is 0.430. The molecule has 0 aromatic heterocycles. The lowest BCUT2D eigenvalue weighted by atomic mass is 9.86. The summed E-state index contributed by atoms with van der Waals surface area (Å²) in [5, 5.41) is 29.4. The molecule has 1 rings (SSSR count). The largest absolute Gasteiger partial charge is 0.508 e. The zero-order chi connectivity index (χ0) is 14.6. The Hall–Kier alpha value is -1.06. The van der Waals surface area contributed by atoms with E-state index in [1.165, 1.54) is 0 Å². The summed E-state index contributed by atoms with van der Waals surface area (Å²) in [6, 6.07) is 3.49. The molecule has 19 heavy (non-hydrogen) atoms. The summed E-state index contributed by atoms with van der Waals surface area (Å²) in [5.41, 5.74) is 3.21. The number of aliphatic hydroxyl groups is 2. The van der Waals surface area contributed by atoms with Crippen LogP contribution in [0.5, 0.6) is 5.75 Å². The Balaban J connectivity index is 2.81. The number of aromatic hydroxyl groups is 1. The molecule has 3 unspecified atom stereocenters. The van der Waals surface area contributed by atoms with E-state index >= 15 is 0 Å². The molecule has 1 aromatic carbocycles. The van der Waals surface area contributed by atoms with Crippen LogP contribution in [0.2, 0.25) is 0 Å². The average Bonchev–Trinajstić information content (AvgIpc) is 2.27. The average molecular weight is 266 g/mol. The molecule has 0 fully saturated rings. The lowest BCUT2D eigenvalue weighted by Gasteiger charge is -2.23. The van der Waals surface area contributed by atoms with Crippen molar-refractivity contribution < 1.29 is 15.3 Å². The Morgan fingerprint density at radius 1 is 1.05 bits per heavy atom. The number of rotatable bonds is 6. The summed E-state index contributed by atoms with van der Waals surface area (Å²) in [4.78, 5) is 0. The fourth-order valence-corrected chi connectivity index (χ4v) is 2.85. The van der Waals surface area contributed by atoms with Gasteiger partial charge in [-0.2, -0.15) is 0 Å². The highest BCUT2D eigenvalue weighted by atomic mass is 16.3. The van der Waals surface area contributed by atoms with E-state index in [4.69, 9.17) is 0 Å². The molecule has 0 bridgehead atoms. The van der Waals surface area contributed by atoms with E-state index in [1.807, 2.05) is 27.7 Å². The molecule has 3 N–H and O–H groups in total. The van der Waals surface area contributed by atoms with Gasteiger partial charge in [0.15, 0.2) is 0 Å². The van der Waals surface area contributed by atoms with E-state index in [-0.39, 0.29) is 11.7 Å². The fourth-order valence-electron chi connectivity index (χ4n) is 2.85. The van der Waals surface area contributed by atoms with Crippen LogP contribution in [0.4, 0.5) is 0 Å². The first kappa shape index (κ1) is 16.0. The lowest BCUT2D eigenvalue weighted by Crippen LogP contribution is -2.27. The maximum atomic E-state index is 10.0. The van der Waals surface area contributed by atoms with E-state index in [2.05, 4.69) is 0 Å². The highest BCUT2D eigenvalue weighted by molar-refractivity contribution is 5.42. The number of phenols is 1. The second kappa shape index (κ2) is 6.92. The monoisotopic (exact) mass is 266 g/mol. The maximum Gasteiger partial charge on any atom is 0.116 e. The van der Waals surface area contributed by atoms with Crippen molar-refractivity contribution >= 4 is 0 Å². The molecule has 0 heterocycles. The summed E-state index contributed by atoms with van der Waals surface area (Å²) in [7, 11) is 0. The van der Waals surface area contributed by atoms with Crippen molar-refractivity contribution in [2.24, 2.45) is 0 Å². The number of phenolic OH excluding ortho intramolecular Hbond substituents is 1. The van der Waals surface area contributed by atoms with Crippen molar-refractivity contribution in [1.29, 1.82) is 0 Å². The number of benzene rings is 1. The smallest absolute Gasteiger partial charge is 0.116 e. The number of hydrogen-bond acceptors (Lipinski definition) is 3. The molecule has 1 aromatic rings. The summed E-state index contributed by atoms with van der Waals surface area (Å²) in [6.45, 7) is 7.97. The normalized spacial score (nSPS) is 16.1. The van der Waals surface area contributed by atoms with Gasteiger partial charge < -0.3 is 15.3 Å². The van der Waals surface area contributed by atoms with E-state index in [0.29, 0.717) is 12.8 Å². The van der Waals surface area contributed by atoms with Gasteiger partial charge in [0, 0.05) is 0 Å². The van der Waals surface area contributed by atoms with Crippen molar-refractivity contribution in [3.8, 4) is 5.75 Å². The number of hydrogen-bond donors (Lipinski definition) is 3. The fraction of sp³-hybridized carbons (Fsp3) is 0.625. The SMILES string of the molecule is CCCC(O)C(O)CC(C)c1c(C)cc(O)cc1C. The quantitative estimate of drug-likeness (QED) is 0.741. The van der Waals surface area contributed by atoms with Crippen molar-refractivity contribution in [1.82, 2.24) is 0 Å². The van der Waals surface area contributed by atoms with Crippen LogP contribution in [-0.4, -0.2) is 27.5 Å². The Morgan fingerprint density at radius 3 is 2.05 bits per heavy atom. The highest BCUT2D eigenvalue weighted by Gasteiger charge is 2.21. The van der Waals surface area contributed by atoms with Gasteiger partial charge in [-0.3, -0.25) is 0 Å². The van der Waals surface area contributed by atoms with E-state index in [1.54, 1.807) is 12.1 Å². The topological polar surface area (TPSA) is 60.7 Å². The Morgan fingerprint density at radius 2 is 1.58 bits per heavy atom. The molecule has 0 aliphatic carbocycles. The van der Waals surface area contributed by atoms with Gasteiger partial charge in [0.2, 0.25) is 0 Å². The van der Waals surface area contributed by atoms with Crippen molar-refractivity contribution in [3.05, 3.63) is 28.8 Å². The van der Waals surface area contributed by atoms with Crippen LogP contribution < -0.4 is 0 Å². The third-order valence-corrected chi connectivity index (χ3v) is 3.69. The Labute approximate surface area is 115 Å². The first-order chi connectivity index (χ1) is 8.86. The molecule has 0 radical (unpaired) electrons. The zero-order valence-corrected chi connectivity index (χ0v) is 12.3. The van der Waals surface area contributed by atoms with Gasteiger partial charge in [-0.15, -0.1) is 0 Å². The van der Waals surface area contributed by atoms with Gasteiger partial charge in [-0.25, -0.2) is 0 Å². The van der Waals surface area contributed by atoms with Crippen LogP contribution in [0, 0.1) is 13.8 Å². The third kappa shape index (κ3) is 4.22. The predicted molar refractivity (Wildman–Crippen MR) is 77.5 cm³/mol. The van der Waals surface area contributed by atoms with Gasteiger partial charge in [0.1, 0.15) is 5.75 Å². The first-order valence-corrected chi connectivity index (χ1v) is 7.03. The molecule has 3 nitrogen and oxygen atoms in total. The molecule has 0 saturated heterocycles. The minimum atomic E-state index is -0.692. The van der Waals surface area contributed by atoms with Gasteiger partial charge in [0.05, 0.1) is 12.2 Å². The summed E-state index contributed by atoms with van der Waals surface area (Å²) < 4.78 is 0. The summed E-state index contributed by atoms with van der Waals surface area (Å²) >= 11 is 0. The maximum absolute atomic E-state index is 10.0. The van der Waals surface area contributed by atoms with Crippen LogP contribution in [0.15, 0.2) is 12.1 Å². The van der Waals surface area contributed by atoms with Gasteiger partial charge >= 0.3 is 0 Å². The molecule has 0 amide bonds. The van der Waals surface area contributed by atoms with Gasteiger partial charge in [-0.05, 0) is 61.4 Å². The molecule has 3 heteroatoms. The second-order valence-corrected chi connectivity index (χ2v) is 5.55. The van der Waals surface area contributed by atoms with Crippen molar-refractivity contribution in [2.75, 3.05) is 0 Å². The molecule has 0 aliphatic rings. The molecule has 0 spiro atoms. The van der Waals surface area contributed by atoms with Crippen molar-refractivity contribution in [3.63, 3.8) is 0 Å². The van der Waals surface area contributed by atoms with Crippen LogP contribution in [-0.2, 0) is 0 Å². The molecule has 3 atom stereocenters. The van der Waals surface area contributed by atoms with E-state index in [0.717, 1.165) is 23.1 Å². The standard InChI is InChI=1S/C16H26O3/c1-5-6-14(18)15(19)9-12(4)16-10(2)7-13(17)8-11(16)3/h7-8,12,14-15,17-19H,5-6,9H2,1-4H3. The van der Waals surface area contributed by atoms with Crippen LogP contribution in [0.1, 0.15) is 55.7 Å². The summed E-state index contributed by atoms with van der Waals surface area (Å²) in [6.07, 6.45) is 0.687. The molecule has 108 valence electrons. The Bertz CT molecular complexity index is 391. The first-order valence-electron chi connectivity index (χ1n) is 7.03. The zero-order valence-electron chi connectivity index (χ0n) is 12.3.